The molecule has 5 aromatic rings. The normalized spacial score (nSPS) is 11.9. The molecule has 0 aliphatic carbocycles. The van der Waals surface area contributed by atoms with E-state index < -0.39 is 20.2 Å². The van der Waals surface area contributed by atoms with Crippen molar-refractivity contribution in [2.45, 2.75) is 42.6 Å². The van der Waals surface area contributed by atoms with Gasteiger partial charge in [-0.05, 0) is 76.2 Å². The summed E-state index contributed by atoms with van der Waals surface area (Å²) >= 11 is 1.17. The number of aliphatic hydroxyl groups is 1. The van der Waals surface area contributed by atoms with Crippen LogP contribution < -0.4 is 29.9 Å². The summed E-state index contributed by atoms with van der Waals surface area (Å²) in [7, 11) is -5.95. The maximum atomic E-state index is 11.8. The highest BCUT2D eigenvalue weighted by atomic mass is 32.2. The zero-order valence-electron chi connectivity index (χ0n) is 34.7. The molecule has 62 heavy (non-hydrogen) atoms. The Kier molecular flexibility index (Phi) is 16.1. The van der Waals surface area contributed by atoms with E-state index in [0.29, 0.717) is 60.4 Å². The van der Waals surface area contributed by atoms with Crippen molar-refractivity contribution >= 4 is 89.4 Å². The molecule has 0 saturated carbocycles. The van der Waals surface area contributed by atoms with E-state index in [2.05, 4.69) is 50.9 Å². The number of hydrogen-bond acceptors (Lipinski definition) is 19. The molecule has 0 atom stereocenters. The third kappa shape index (κ3) is 12.1. The molecule has 5 N–H and O–H groups in total. The summed E-state index contributed by atoms with van der Waals surface area (Å²) in [6.45, 7) is 10.4. The Morgan fingerprint density at radius 1 is 0.629 bits per heavy atom. The number of aliphatic hydroxyl groups excluding tert-OH is 1. The number of aromatic nitrogens is 3. The average molecular weight is 910 g/mol. The standard InChI is InChI=1S/C39H47N11O9S3/c1-7-49(8-2)33-21-29(31(23-35(33)58-5)47-45-25-13-11-15-27(19-25)61(52,53)54)40-37-42-38(44-39(43-37)60-18-17-51)41-30-22-34(50(9-3)10-4)36(59-6)24-32(30)48-46-26-14-12-16-28(20-26)62(55,56)57/h11-16,19-24,51H,7-10,17-18H2,1-6H3,(H,52,53,54)(H,55,56,57)(H2,40,41,42,43,44). The summed E-state index contributed by atoms with van der Waals surface area (Å²) in [5.41, 5.74) is 3.01. The first-order valence-corrected chi connectivity index (χ1v) is 23.0. The first kappa shape index (κ1) is 47.1. The molecule has 0 aliphatic heterocycles. The van der Waals surface area contributed by atoms with Crippen LogP contribution in [0.15, 0.2) is 108 Å². The minimum absolute atomic E-state index is 0.0612. The van der Waals surface area contributed by atoms with Crippen LogP contribution in [0.1, 0.15) is 27.7 Å². The second-order valence-electron chi connectivity index (χ2n) is 12.9. The van der Waals surface area contributed by atoms with Gasteiger partial charge in [0.15, 0.2) is 5.16 Å². The topological polar surface area (TPSA) is 266 Å². The first-order valence-electron chi connectivity index (χ1n) is 19.1. The lowest BCUT2D eigenvalue weighted by atomic mass is 10.2. The maximum absolute atomic E-state index is 11.8. The number of hydrogen-bond donors (Lipinski definition) is 5. The van der Waals surface area contributed by atoms with Gasteiger partial charge in [-0.15, -0.1) is 10.2 Å². The van der Waals surface area contributed by atoms with Gasteiger partial charge in [0.2, 0.25) is 11.9 Å². The van der Waals surface area contributed by atoms with Crippen molar-refractivity contribution in [3.8, 4) is 11.5 Å². The van der Waals surface area contributed by atoms with Gasteiger partial charge in [0, 0.05) is 44.1 Å². The van der Waals surface area contributed by atoms with Crippen molar-refractivity contribution in [2.24, 2.45) is 20.5 Å². The number of rotatable bonds is 21. The highest BCUT2D eigenvalue weighted by Gasteiger charge is 2.20. The van der Waals surface area contributed by atoms with Gasteiger partial charge in [-0.25, -0.2) is 0 Å². The van der Waals surface area contributed by atoms with Gasteiger partial charge >= 0.3 is 0 Å². The van der Waals surface area contributed by atoms with E-state index in [4.69, 9.17) is 14.5 Å². The van der Waals surface area contributed by atoms with E-state index in [1.807, 2.05) is 27.7 Å². The summed E-state index contributed by atoms with van der Waals surface area (Å²) < 4.78 is 78.0. The molecule has 0 amide bonds. The lowest BCUT2D eigenvalue weighted by Gasteiger charge is -2.25. The summed E-state index contributed by atoms with van der Waals surface area (Å²) in [5, 5.41) is 33.8. The molecule has 0 bridgehead atoms. The molecule has 5 rings (SSSR count). The van der Waals surface area contributed by atoms with Crippen LogP contribution in [0, 0.1) is 0 Å². The smallest absolute Gasteiger partial charge is 0.294 e. The third-order valence-corrected chi connectivity index (χ3v) is 11.5. The number of anilines is 6. The van der Waals surface area contributed by atoms with Crippen molar-refractivity contribution in [3.63, 3.8) is 0 Å². The van der Waals surface area contributed by atoms with E-state index in [0.717, 1.165) is 0 Å². The molecular weight excluding hydrogens is 863 g/mol. The molecule has 0 spiro atoms. The van der Waals surface area contributed by atoms with Gasteiger partial charge in [0.25, 0.3) is 20.2 Å². The number of methoxy groups -OCH3 is 2. The quantitative estimate of drug-likeness (QED) is 0.0262. The molecule has 0 aliphatic rings. The lowest BCUT2D eigenvalue weighted by Crippen LogP contribution is -2.22. The van der Waals surface area contributed by atoms with Gasteiger partial charge in [-0.3, -0.25) is 9.11 Å². The lowest BCUT2D eigenvalue weighted by molar-refractivity contribution is 0.322. The number of benzene rings is 4. The van der Waals surface area contributed by atoms with E-state index in [1.165, 1.54) is 74.5 Å². The van der Waals surface area contributed by atoms with Gasteiger partial charge in [0.05, 0.1) is 64.7 Å². The number of nitrogens with one attached hydrogen (secondary N) is 2. The molecule has 0 saturated heterocycles. The molecule has 0 unspecified atom stereocenters. The van der Waals surface area contributed by atoms with Crippen LogP contribution in [0.5, 0.6) is 11.5 Å². The zero-order valence-corrected chi connectivity index (χ0v) is 37.2. The van der Waals surface area contributed by atoms with Crippen LogP contribution in [0.3, 0.4) is 0 Å². The van der Waals surface area contributed by atoms with Crippen molar-refractivity contribution in [3.05, 3.63) is 72.8 Å². The largest absolute Gasteiger partial charge is 0.494 e. The molecule has 20 nitrogen and oxygen atoms in total. The molecule has 0 radical (unpaired) electrons. The Bertz CT molecular complexity index is 2470. The Morgan fingerprint density at radius 2 is 1.05 bits per heavy atom. The van der Waals surface area contributed by atoms with Gasteiger partial charge < -0.3 is 35.0 Å². The second kappa shape index (κ2) is 21.2. The molecule has 4 aromatic carbocycles. The Balaban J connectivity index is 1.65. The van der Waals surface area contributed by atoms with Crippen LogP contribution in [-0.2, 0) is 20.2 Å². The highest BCUT2D eigenvalue weighted by molar-refractivity contribution is 7.99. The van der Waals surface area contributed by atoms with E-state index in [-0.39, 0.29) is 62.0 Å². The van der Waals surface area contributed by atoms with Crippen molar-refractivity contribution in [1.82, 2.24) is 15.0 Å². The number of nitrogens with zero attached hydrogens (tertiary/aromatic N) is 9. The Labute approximate surface area is 364 Å². The summed E-state index contributed by atoms with van der Waals surface area (Å²) in [6.07, 6.45) is 0. The minimum atomic E-state index is -4.50. The predicted octanol–water partition coefficient (Wildman–Crippen LogP) is 8.48. The summed E-state index contributed by atoms with van der Waals surface area (Å²) in [4.78, 5) is 17.4. The van der Waals surface area contributed by atoms with E-state index >= 15 is 0 Å². The van der Waals surface area contributed by atoms with Crippen LogP contribution in [0.25, 0.3) is 0 Å². The average Bonchev–Trinajstić information content (AvgIpc) is 3.25. The van der Waals surface area contributed by atoms with Crippen LogP contribution in [-0.4, -0.2) is 98.8 Å². The number of thioether (sulfide) groups is 1. The van der Waals surface area contributed by atoms with Gasteiger partial charge in [-0.1, -0.05) is 23.9 Å². The number of ether oxygens (including phenoxy) is 2. The van der Waals surface area contributed by atoms with Gasteiger partial charge in [0.1, 0.15) is 22.9 Å². The molecule has 0 fully saturated rings. The van der Waals surface area contributed by atoms with E-state index in [9.17, 15) is 31.0 Å². The van der Waals surface area contributed by atoms with Crippen molar-refractivity contribution in [1.29, 1.82) is 0 Å². The second-order valence-corrected chi connectivity index (χ2v) is 16.8. The van der Waals surface area contributed by atoms with E-state index in [1.54, 1.807) is 24.3 Å². The van der Waals surface area contributed by atoms with Crippen LogP contribution in [0.2, 0.25) is 0 Å². The Hall–Kier alpha value is -5.98. The molecule has 1 heterocycles. The molecule has 23 heteroatoms. The summed E-state index contributed by atoms with van der Waals surface area (Å²) in [5.74, 6) is 1.34. The Morgan fingerprint density at radius 3 is 1.40 bits per heavy atom. The fraction of sp³-hybridized carbons (Fsp3) is 0.308. The fourth-order valence-corrected chi connectivity index (χ4v) is 7.59. The highest BCUT2D eigenvalue weighted by Crippen LogP contribution is 2.42. The molecule has 1 aromatic heterocycles. The monoisotopic (exact) mass is 909 g/mol. The summed E-state index contributed by atoms with van der Waals surface area (Å²) in [6, 6.07) is 17.6. The molecular formula is C39H47N11O9S3. The predicted molar refractivity (Wildman–Crippen MR) is 238 cm³/mol. The fourth-order valence-electron chi connectivity index (χ4n) is 5.98. The maximum Gasteiger partial charge on any atom is 0.294 e. The molecule has 330 valence electrons. The van der Waals surface area contributed by atoms with Crippen molar-refractivity contribution in [2.75, 3.05) is 73.2 Å². The SMILES string of the molecule is CCN(CC)c1cc(Nc2nc(Nc3cc(N(CC)CC)c(OC)cc3N=Nc3cccc(S(=O)(=O)O)c3)nc(SCCO)n2)c(N=Nc2cccc(S(=O)(=O)O)c2)cc1OC. The minimum Gasteiger partial charge on any atom is -0.494 e. The van der Waals surface area contributed by atoms with Crippen LogP contribution in [0.4, 0.5) is 57.4 Å². The van der Waals surface area contributed by atoms with Crippen molar-refractivity contribution < 1.29 is 40.5 Å². The van der Waals surface area contributed by atoms with Crippen LogP contribution >= 0.6 is 11.8 Å². The van der Waals surface area contributed by atoms with Gasteiger partial charge in [-0.2, -0.15) is 42.0 Å². The number of azo groups is 2. The third-order valence-electron chi connectivity index (χ3n) is 9.01. The first-order chi connectivity index (χ1) is 29.6. The zero-order chi connectivity index (χ0) is 45.0.